The van der Waals surface area contributed by atoms with Crippen LogP contribution in [0.15, 0.2) is 12.1 Å². The van der Waals surface area contributed by atoms with E-state index in [2.05, 4.69) is 32.4 Å². The Morgan fingerprint density at radius 2 is 1.58 bits per heavy atom. The third-order valence-electron chi connectivity index (χ3n) is 2.67. The predicted molar refractivity (Wildman–Crippen MR) is 73.6 cm³/mol. The summed E-state index contributed by atoms with van der Waals surface area (Å²) in [6, 6.07) is 4.12. The van der Waals surface area contributed by atoms with Crippen molar-refractivity contribution >= 4 is 23.5 Å². The Bertz CT molecular complexity index is 590. The lowest BCUT2D eigenvalue weighted by Crippen LogP contribution is -2.08. The van der Waals surface area contributed by atoms with Crippen LogP contribution in [-0.2, 0) is 0 Å². The highest BCUT2D eigenvalue weighted by Crippen LogP contribution is 2.24. The topological polar surface area (TPSA) is 109 Å². The van der Waals surface area contributed by atoms with E-state index in [4.69, 9.17) is 10.9 Å². The van der Waals surface area contributed by atoms with Gasteiger partial charge in [-0.25, -0.2) is 5.48 Å². The predicted octanol–water partition coefficient (Wildman–Crippen LogP) is 1.92. The largest absolute Gasteiger partial charge is 0.368 e. The van der Waals surface area contributed by atoms with Gasteiger partial charge in [0.25, 0.3) is 5.95 Å². The van der Waals surface area contributed by atoms with Crippen molar-refractivity contribution in [1.29, 1.82) is 0 Å². The summed E-state index contributed by atoms with van der Waals surface area (Å²) >= 11 is 0. The first-order chi connectivity index (χ1) is 8.99. The first kappa shape index (κ1) is 13.0. The first-order valence-electron chi connectivity index (χ1n) is 5.76. The third kappa shape index (κ3) is 2.89. The minimum Gasteiger partial charge on any atom is -0.368 e. The van der Waals surface area contributed by atoms with Crippen molar-refractivity contribution in [2.75, 3.05) is 16.5 Å². The highest BCUT2D eigenvalue weighted by Gasteiger charge is 2.08. The average molecular weight is 260 g/mol. The van der Waals surface area contributed by atoms with Crippen LogP contribution in [0.4, 0.5) is 23.5 Å². The number of benzene rings is 1. The van der Waals surface area contributed by atoms with Crippen molar-refractivity contribution in [3.05, 3.63) is 28.8 Å². The van der Waals surface area contributed by atoms with Gasteiger partial charge >= 0.3 is 0 Å². The Hall–Kier alpha value is -2.41. The maximum Gasteiger partial charge on any atom is 0.253 e. The van der Waals surface area contributed by atoms with Crippen molar-refractivity contribution in [2.45, 2.75) is 20.8 Å². The van der Waals surface area contributed by atoms with E-state index in [1.807, 2.05) is 26.3 Å². The zero-order chi connectivity index (χ0) is 14.0. The average Bonchev–Trinajstić information content (AvgIpc) is 2.33. The molecule has 0 aliphatic heterocycles. The highest BCUT2D eigenvalue weighted by molar-refractivity contribution is 5.64. The molecular weight excluding hydrogens is 244 g/mol. The number of anilines is 4. The number of nitrogens with one attached hydrogen (secondary N) is 2. The quantitative estimate of drug-likeness (QED) is 0.624. The summed E-state index contributed by atoms with van der Waals surface area (Å²) < 4.78 is 0. The Kier molecular flexibility index (Phi) is 3.48. The molecule has 1 heterocycles. The molecule has 5 N–H and O–H groups in total. The SMILES string of the molecule is Cc1cc(C)c(Nc2nc(N)nc(NO)n2)c(C)c1. The summed E-state index contributed by atoms with van der Waals surface area (Å²) in [4.78, 5) is 11.7. The van der Waals surface area contributed by atoms with Gasteiger partial charge < -0.3 is 11.1 Å². The van der Waals surface area contributed by atoms with Gasteiger partial charge in [0.15, 0.2) is 0 Å². The molecule has 0 atom stereocenters. The van der Waals surface area contributed by atoms with Gasteiger partial charge in [-0.1, -0.05) is 17.7 Å². The smallest absolute Gasteiger partial charge is 0.253 e. The summed E-state index contributed by atoms with van der Waals surface area (Å²) in [5.74, 6) is 0.299. The van der Waals surface area contributed by atoms with Crippen LogP contribution in [0, 0.1) is 20.8 Å². The fourth-order valence-electron chi connectivity index (χ4n) is 1.99. The van der Waals surface area contributed by atoms with Crippen LogP contribution < -0.4 is 16.5 Å². The number of nitrogen functional groups attached to an aromatic ring is 1. The number of nitrogens with zero attached hydrogens (tertiary/aromatic N) is 3. The van der Waals surface area contributed by atoms with E-state index in [1.165, 1.54) is 5.56 Å². The molecule has 0 bridgehead atoms. The van der Waals surface area contributed by atoms with Crippen LogP contribution in [-0.4, -0.2) is 20.2 Å². The Balaban J connectivity index is 2.39. The van der Waals surface area contributed by atoms with Crippen molar-refractivity contribution in [3.63, 3.8) is 0 Å². The maximum atomic E-state index is 8.81. The number of rotatable bonds is 3. The van der Waals surface area contributed by atoms with Gasteiger partial charge in [0, 0.05) is 5.69 Å². The Morgan fingerprint density at radius 3 is 2.16 bits per heavy atom. The summed E-state index contributed by atoms with van der Waals surface area (Å²) in [6.07, 6.45) is 0. The first-order valence-corrected chi connectivity index (χ1v) is 5.76. The van der Waals surface area contributed by atoms with Crippen LogP contribution in [0.1, 0.15) is 16.7 Å². The number of aryl methyl sites for hydroxylation is 3. The van der Waals surface area contributed by atoms with Gasteiger partial charge in [-0.3, -0.25) is 5.21 Å². The van der Waals surface area contributed by atoms with Gasteiger partial charge in [0.2, 0.25) is 11.9 Å². The van der Waals surface area contributed by atoms with Gasteiger partial charge in [0.05, 0.1) is 0 Å². The second kappa shape index (κ2) is 5.07. The number of hydrogen-bond acceptors (Lipinski definition) is 7. The van der Waals surface area contributed by atoms with Crippen molar-refractivity contribution in [1.82, 2.24) is 15.0 Å². The lowest BCUT2D eigenvalue weighted by atomic mass is 10.1. The molecule has 19 heavy (non-hydrogen) atoms. The summed E-state index contributed by atoms with van der Waals surface area (Å²) in [5, 5.41) is 11.9. The van der Waals surface area contributed by atoms with Gasteiger partial charge in [-0.2, -0.15) is 15.0 Å². The Morgan fingerprint density at radius 1 is 1.00 bits per heavy atom. The van der Waals surface area contributed by atoms with E-state index in [1.54, 1.807) is 0 Å². The normalized spacial score (nSPS) is 10.3. The summed E-state index contributed by atoms with van der Waals surface area (Å²) in [5.41, 5.74) is 11.6. The molecule has 0 fully saturated rings. The molecule has 7 nitrogen and oxygen atoms in total. The zero-order valence-electron chi connectivity index (χ0n) is 11.0. The van der Waals surface area contributed by atoms with E-state index in [0.717, 1.165) is 16.8 Å². The molecule has 2 aromatic rings. The summed E-state index contributed by atoms with van der Waals surface area (Å²) in [7, 11) is 0. The molecule has 0 saturated heterocycles. The van der Waals surface area contributed by atoms with Gasteiger partial charge in [0.1, 0.15) is 0 Å². The lowest BCUT2D eigenvalue weighted by Gasteiger charge is -2.13. The van der Waals surface area contributed by atoms with Crippen LogP contribution in [0.2, 0.25) is 0 Å². The van der Waals surface area contributed by atoms with Crippen LogP contribution in [0.25, 0.3) is 0 Å². The lowest BCUT2D eigenvalue weighted by molar-refractivity contribution is 0.382. The van der Waals surface area contributed by atoms with Crippen LogP contribution >= 0.6 is 0 Å². The molecule has 0 unspecified atom stereocenters. The molecule has 0 aliphatic rings. The highest BCUT2D eigenvalue weighted by atomic mass is 16.5. The molecule has 0 saturated carbocycles. The van der Waals surface area contributed by atoms with E-state index < -0.39 is 0 Å². The second-order valence-electron chi connectivity index (χ2n) is 4.35. The molecule has 0 spiro atoms. The molecule has 0 radical (unpaired) electrons. The number of nitrogens with two attached hydrogens (primary N) is 1. The fourth-order valence-corrected chi connectivity index (χ4v) is 1.99. The molecular formula is C12H16N6O. The van der Waals surface area contributed by atoms with Gasteiger partial charge in [-0.05, 0) is 31.9 Å². The van der Waals surface area contributed by atoms with E-state index in [9.17, 15) is 0 Å². The maximum absolute atomic E-state index is 8.81. The standard InChI is InChI=1S/C12H16N6O/c1-6-4-7(2)9(8(3)5-6)14-11-15-10(13)16-12(17-11)18-19/h4-5,19H,1-3H3,(H4,13,14,15,16,17,18). The molecule has 1 aromatic heterocycles. The monoisotopic (exact) mass is 260 g/mol. The second-order valence-corrected chi connectivity index (χ2v) is 4.35. The van der Waals surface area contributed by atoms with E-state index in [0.29, 0.717) is 0 Å². The van der Waals surface area contributed by atoms with Crippen molar-refractivity contribution in [3.8, 4) is 0 Å². The molecule has 2 rings (SSSR count). The molecule has 7 heteroatoms. The van der Waals surface area contributed by atoms with Crippen molar-refractivity contribution in [2.24, 2.45) is 0 Å². The summed E-state index contributed by atoms with van der Waals surface area (Å²) in [6.45, 7) is 6.04. The number of aromatic nitrogens is 3. The fraction of sp³-hybridized carbons (Fsp3) is 0.250. The van der Waals surface area contributed by atoms with Crippen LogP contribution in [0.3, 0.4) is 0 Å². The molecule has 1 aromatic carbocycles. The number of hydrogen-bond donors (Lipinski definition) is 4. The van der Waals surface area contributed by atoms with Crippen LogP contribution in [0.5, 0.6) is 0 Å². The molecule has 0 aliphatic carbocycles. The minimum atomic E-state index is -0.00239. The zero-order valence-corrected chi connectivity index (χ0v) is 11.0. The third-order valence-corrected chi connectivity index (χ3v) is 2.67. The van der Waals surface area contributed by atoms with E-state index >= 15 is 0 Å². The molecule has 0 amide bonds. The van der Waals surface area contributed by atoms with Gasteiger partial charge in [-0.15, -0.1) is 0 Å². The Labute approximate surface area is 110 Å². The molecule has 100 valence electrons. The van der Waals surface area contributed by atoms with E-state index in [-0.39, 0.29) is 17.8 Å². The van der Waals surface area contributed by atoms with Crippen molar-refractivity contribution < 1.29 is 5.21 Å². The minimum absolute atomic E-state index is 0.00239.